The summed E-state index contributed by atoms with van der Waals surface area (Å²) in [5.74, 6) is 0.227. The molecule has 6 nitrogen and oxygen atoms in total. The molecule has 0 radical (unpaired) electrons. The van der Waals surface area contributed by atoms with Crippen LogP contribution in [0.1, 0.15) is 71.6 Å². The largest absolute Gasteiger partial charge is 0.468 e. The van der Waals surface area contributed by atoms with Gasteiger partial charge in [0.2, 0.25) is 0 Å². The van der Waals surface area contributed by atoms with Gasteiger partial charge in [0, 0.05) is 6.42 Å². The number of ether oxygens (including phenoxy) is 2. The molecule has 0 aromatic carbocycles. The van der Waals surface area contributed by atoms with Crippen LogP contribution in [0.4, 0.5) is 0 Å². The molecule has 0 heterocycles. The Bertz CT molecular complexity index is 678. The molecule has 4 aliphatic rings. The van der Waals surface area contributed by atoms with E-state index in [2.05, 4.69) is 6.92 Å². The van der Waals surface area contributed by atoms with Crippen LogP contribution in [-0.4, -0.2) is 47.6 Å². The Hall–Kier alpha value is -1.14. The molecule has 0 amide bonds. The van der Waals surface area contributed by atoms with Gasteiger partial charge in [-0.05, 0) is 81.5 Å². The van der Waals surface area contributed by atoms with Gasteiger partial charge in [-0.2, -0.15) is 0 Å². The monoisotopic (exact) mass is 408 g/mol. The summed E-state index contributed by atoms with van der Waals surface area (Å²) in [6.45, 7) is 4.49. The highest BCUT2D eigenvalue weighted by molar-refractivity contribution is 5.79. The van der Waals surface area contributed by atoms with Crippen LogP contribution in [0.15, 0.2) is 0 Å². The highest BCUT2D eigenvalue weighted by Gasteiger charge is 2.70. The van der Waals surface area contributed by atoms with Crippen molar-refractivity contribution in [3.8, 4) is 0 Å². The third-order valence-corrected chi connectivity index (χ3v) is 9.36. The summed E-state index contributed by atoms with van der Waals surface area (Å²) in [4.78, 5) is 25.8. The van der Waals surface area contributed by atoms with E-state index in [0.717, 1.165) is 32.1 Å². The van der Waals surface area contributed by atoms with Crippen LogP contribution in [0.2, 0.25) is 0 Å². The van der Waals surface area contributed by atoms with Gasteiger partial charge in [0.15, 0.2) is 0 Å². The molecule has 0 spiro atoms. The zero-order chi connectivity index (χ0) is 21.0. The quantitative estimate of drug-likeness (QED) is 0.698. The molecule has 4 rings (SSSR count). The Morgan fingerprint density at radius 2 is 1.79 bits per heavy atom. The fourth-order valence-corrected chi connectivity index (χ4v) is 8.12. The van der Waals surface area contributed by atoms with Crippen molar-refractivity contribution in [3.05, 3.63) is 0 Å². The molecule has 0 saturated heterocycles. The van der Waals surface area contributed by atoms with Gasteiger partial charge in [-0.15, -0.1) is 0 Å². The molecule has 4 fully saturated rings. The van der Waals surface area contributed by atoms with Crippen LogP contribution in [0.25, 0.3) is 0 Å². The van der Waals surface area contributed by atoms with Crippen molar-refractivity contribution < 1.29 is 29.3 Å². The second kappa shape index (κ2) is 7.23. The minimum atomic E-state index is -1.20. The lowest BCUT2D eigenvalue weighted by atomic mass is 9.42. The molecule has 0 aromatic heterocycles. The Labute approximate surface area is 173 Å². The second-order valence-corrected chi connectivity index (χ2v) is 10.2. The number of fused-ring (bicyclic) bond motifs is 5. The first-order valence-electron chi connectivity index (χ1n) is 11.4. The lowest BCUT2D eigenvalue weighted by Crippen LogP contribution is -2.67. The summed E-state index contributed by atoms with van der Waals surface area (Å²) in [6.07, 6.45) is 5.51. The van der Waals surface area contributed by atoms with E-state index < -0.39 is 17.1 Å². The average Bonchev–Trinajstić information content (AvgIpc) is 3.04. The number of carbonyl (C=O) groups excluding carboxylic acids is 2. The number of aliphatic hydroxyl groups excluding tert-OH is 1. The topological polar surface area (TPSA) is 93.1 Å². The average molecular weight is 409 g/mol. The van der Waals surface area contributed by atoms with Crippen molar-refractivity contribution in [1.82, 2.24) is 0 Å². The first-order valence-corrected chi connectivity index (χ1v) is 11.4. The number of carbonyl (C=O) groups is 2. The van der Waals surface area contributed by atoms with Crippen LogP contribution in [0, 0.1) is 34.5 Å². The minimum absolute atomic E-state index is 0.0419. The summed E-state index contributed by atoms with van der Waals surface area (Å²) >= 11 is 0. The number of rotatable bonds is 3. The summed E-state index contributed by atoms with van der Waals surface area (Å²) in [5, 5.41) is 21.9. The van der Waals surface area contributed by atoms with Crippen molar-refractivity contribution in [3.63, 3.8) is 0 Å². The lowest BCUT2D eigenvalue weighted by molar-refractivity contribution is -0.237. The van der Waals surface area contributed by atoms with Crippen LogP contribution < -0.4 is 0 Å². The van der Waals surface area contributed by atoms with E-state index in [-0.39, 0.29) is 35.6 Å². The van der Waals surface area contributed by atoms with Gasteiger partial charge < -0.3 is 19.7 Å². The summed E-state index contributed by atoms with van der Waals surface area (Å²) < 4.78 is 10.7. The molecule has 4 aliphatic carbocycles. The lowest BCUT2D eigenvalue weighted by Gasteiger charge is -2.63. The zero-order valence-corrected chi connectivity index (χ0v) is 18.0. The van der Waals surface area contributed by atoms with Crippen LogP contribution in [0.3, 0.4) is 0 Å². The highest BCUT2D eigenvalue weighted by Crippen LogP contribution is 2.68. The van der Waals surface area contributed by atoms with E-state index in [4.69, 9.17) is 9.47 Å². The SMILES string of the molecule is CCOC(=O)[C@@H]1CC[C@@H]2[C@@H]3CC[C@]4(O)C[C@H](O)CC[C@]4(C(=O)OC)[C@@H]3CC[C@]21C. The van der Waals surface area contributed by atoms with E-state index in [0.29, 0.717) is 37.7 Å². The summed E-state index contributed by atoms with van der Waals surface area (Å²) in [5.41, 5.74) is -2.24. The van der Waals surface area contributed by atoms with Gasteiger partial charge in [0.05, 0.1) is 36.8 Å². The first-order chi connectivity index (χ1) is 13.7. The van der Waals surface area contributed by atoms with Crippen LogP contribution in [0.5, 0.6) is 0 Å². The van der Waals surface area contributed by atoms with E-state index in [1.54, 1.807) is 0 Å². The van der Waals surface area contributed by atoms with Crippen molar-refractivity contribution in [1.29, 1.82) is 0 Å². The van der Waals surface area contributed by atoms with Crippen molar-refractivity contribution in [2.24, 2.45) is 34.5 Å². The molecule has 0 aliphatic heterocycles. The third-order valence-electron chi connectivity index (χ3n) is 9.36. The number of aliphatic hydroxyl groups is 2. The molecule has 164 valence electrons. The maximum Gasteiger partial charge on any atom is 0.315 e. The molecule has 8 atom stereocenters. The number of methoxy groups -OCH3 is 1. The Kier molecular flexibility index (Phi) is 5.26. The zero-order valence-electron chi connectivity index (χ0n) is 18.0. The van der Waals surface area contributed by atoms with Crippen LogP contribution in [-0.2, 0) is 19.1 Å². The smallest absolute Gasteiger partial charge is 0.315 e. The second-order valence-electron chi connectivity index (χ2n) is 10.2. The first kappa shape index (κ1) is 21.1. The fraction of sp³-hybridized carbons (Fsp3) is 0.913. The highest BCUT2D eigenvalue weighted by atomic mass is 16.5. The molecule has 4 saturated carbocycles. The Morgan fingerprint density at radius 3 is 2.48 bits per heavy atom. The molecule has 0 aromatic rings. The molecule has 0 unspecified atom stereocenters. The summed E-state index contributed by atoms with van der Waals surface area (Å²) in [6, 6.07) is 0. The molecule has 29 heavy (non-hydrogen) atoms. The van der Waals surface area contributed by atoms with Gasteiger partial charge in [-0.3, -0.25) is 9.59 Å². The number of hydrogen-bond donors (Lipinski definition) is 2. The Morgan fingerprint density at radius 1 is 1.03 bits per heavy atom. The Balaban J connectivity index is 1.69. The maximum absolute atomic E-state index is 13.2. The van der Waals surface area contributed by atoms with Gasteiger partial charge in [-0.25, -0.2) is 0 Å². The fourth-order valence-electron chi connectivity index (χ4n) is 8.12. The van der Waals surface area contributed by atoms with Gasteiger partial charge in [0.1, 0.15) is 0 Å². The molecule has 6 heteroatoms. The minimum Gasteiger partial charge on any atom is -0.468 e. The predicted molar refractivity (Wildman–Crippen MR) is 106 cm³/mol. The molecule has 0 bridgehead atoms. The molecule has 2 N–H and O–H groups in total. The van der Waals surface area contributed by atoms with Gasteiger partial charge >= 0.3 is 11.9 Å². The predicted octanol–water partition coefficient (Wildman–Crippen LogP) is 2.84. The number of esters is 2. The number of hydrogen-bond acceptors (Lipinski definition) is 6. The van der Waals surface area contributed by atoms with Crippen molar-refractivity contribution in [2.45, 2.75) is 83.3 Å². The van der Waals surface area contributed by atoms with Crippen molar-refractivity contribution >= 4 is 11.9 Å². The third kappa shape index (κ3) is 2.81. The normalized spacial score (nSPS) is 48.8. The van der Waals surface area contributed by atoms with E-state index in [1.807, 2.05) is 6.92 Å². The molecular weight excluding hydrogens is 372 g/mol. The standard InChI is InChI=1S/C23H36O6/c1-4-29-19(25)18-6-5-16-15-8-11-22(27)13-14(24)7-12-23(22,20(26)28-3)17(15)9-10-21(16,18)2/h14-18,24,27H,4-13H2,1-3H3/t14-,15+,16-,17-,18+,21-,22+,23-/m1/s1. The van der Waals surface area contributed by atoms with Crippen molar-refractivity contribution in [2.75, 3.05) is 13.7 Å². The van der Waals surface area contributed by atoms with E-state index in [1.165, 1.54) is 7.11 Å². The van der Waals surface area contributed by atoms with E-state index >= 15 is 0 Å². The van der Waals surface area contributed by atoms with Gasteiger partial charge in [-0.1, -0.05) is 6.92 Å². The summed E-state index contributed by atoms with van der Waals surface area (Å²) in [7, 11) is 1.41. The van der Waals surface area contributed by atoms with Crippen LogP contribution >= 0.6 is 0 Å². The molecular formula is C23H36O6. The van der Waals surface area contributed by atoms with E-state index in [9.17, 15) is 19.8 Å². The maximum atomic E-state index is 13.2. The van der Waals surface area contributed by atoms with Gasteiger partial charge in [0.25, 0.3) is 0 Å².